The fourth-order valence-electron chi connectivity index (χ4n) is 2.56. The molecule has 0 atom stereocenters. The van der Waals surface area contributed by atoms with Crippen LogP contribution in [0.25, 0.3) is 11.3 Å². The SMILES string of the molecule is Brc1ccc2c(c1)Cc1[nH]c(CNC3CC3)nc1-2. The number of fused-ring (bicyclic) bond motifs is 3. The van der Waals surface area contributed by atoms with Crippen molar-refractivity contribution in [2.45, 2.75) is 31.8 Å². The highest BCUT2D eigenvalue weighted by atomic mass is 79.9. The number of H-pyrrole nitrogens is 1. The number of nitrogens with zero attached hydrogens (tertiary/aromatic N) is 1. The first-order chi connectivity index (χ1) is 8.79. The largest absolute Gasteiger partial charge is 0.344 e. The molecule has 0 bridgehead atoms. The van der Waals surface area contributed by atoms with Gasteiger partial charge in [-0.1, -0.05) is 22.0 Å². The molecule has 1 heterocycles. The van der Waals surface area contributed by atoms with Crippen molar-refractivity contribution in [2.75, 3.05) is 0 Å². The summed E-state index contributed by atoms with van der Waals surface area (Å²) in [6, 6.07) is 7.16. The van der Waals surface area contributed by atoms with Crippen molar-refractivity contribution >= 4 is 15.9 Å². The van der Waals surface area contributed by atoms with Crippen LogP contribution >= 0.6 is 15.9 Å². The van der Waals surface area contributed by atoms with Crippen molar-refractivity contribution < 1.29 is 0 Å². The molecule has 1 fully saturated rings. The summed E-state index contributed by atoms with van der Waals surface area (Å²) in [6.45, 7) is 0.865. The summed E-state index contributed by atoms with van der Waals surface area (Å²) in [5.74, 6) is 1.07. The van der Waals surface area contributed by atoms with Gasteiger partial charge in [-0.05, 0) is 30.5 Å². The number of aromatic amines is 1. The minimum absolute atomic E-state index is 0.730. The number of aromatic nitrogens is 2. The first-order valence-corrected chi connectivity index (χ1v) is 7.19. The summed E-state index contributed by atoms with van der Waals surface area (Å²) in [7, 11) is 0. The van der Waals surface area contributed by atoms with E-state index in [0.29, 0.717) is 0 Å². The smallest absolute Gasteiger partial charge is 0.121 e. The van der Waals surface area contributed by atoms with E-state index < -0.39 is 0 Å². The van der Waals surface area contributed by atoms with Crippen LogP contribution in [-0.2, 0) is 13.0 Å². The predicted octanol–water partition coefficient (Wildman–Crippen LogP) is 3.00. The second kappa shape index (κ2) is 3.93. The molecule has 0 saturated heterocycles. The standard InChI is InChI=1S/C14H14BrN3/c15-9-1-4-11-8(5-9)6-12-14(11)18-13(17-12)7-16-10-2-3-10/h1,4-5,10,16H,2-3,6-7H2,(H,17,18). The van der Waals surface area contributed by atoms with Gasteiger partial charge in [0.15, 0.2) is 0 Å². The quantitative estimate of drug-likeness (QED) is 0.781. The molecule has 1 saturated carbocycles. The van der Waals surface area contributed by atoms with Gasteiger partial charge < -0.3 is 10.3 Å². The Morgan fingerprint density at radius 1 is 1.39 bits per heavy atom. The monoisotopic (exact) mass is 303 g/mol. The molecule has 1 aromatic heterocycles. The molecule has 3 nitrogen and oxygen atoms in total. The van der Waals surface area contributed by atoms with Crippen molar-refractivity contribution in [1.29, 1.82) is 0 Å². The van der Waals surface area contributed by atoms with Crippen molar-refractivity contribution in [2.24, 2.45) is 0 Å². The van der Waals surface area contributed by atoms with Crippen LogP contribution in [-0.4, -0.2) is 16.0 Å². The fourth-order valence-corrected chi connectivity index (χ4v) is 2.97. The van der Waals surface area contributed by atoms with Crippen LogP contribution in [0, 0.1) is 0 Å². The summed E-state index contributed by atoms with van der Waals surface area (Å²) < 4.78 is 1.14. The molecule has 0 amide bonds. The first-order valence-electron chi connectivity index (χ1n) is 6.39. The fraction of sp³-hybridized carbons (Fsp3) is 0.357. The molecule has 1 aromatic carbocycles. The highest BCUT2D eigenvalue weighted by Crippen LogP contribution is 2.36. The van der Waals surface area contributed by atoms with E-state index >= 15 is 0 Å². The zero-order valence-electron chi connectivity index (χ0n) is 9.96. The Morgan fingerprint density at radius 2 is 2.28 bits per heavy atom. The molecular weight excluding hydrogens is 290 g/mol. The van der Waals surface area contributed by atoms with Gasteiger partial charge in [-0.3, -0.25) is 0 Å². The lowest BCUT2D eigenvalue weighted by Gasteiger charge is -2.01. The average molecular weight is 304 g/mol. The number of rotatable bonds is 3. The molecule has 0 radical (unpaired) electrons. The molecular formula is C14H14BrN3. The van der Waals surface area contributed by atoms with Gasteiger partial charge in [0.05, 0.1) is 12.2 Å². The first kappa shape index (κ1) is 10.8. The van der Waals surface area contributed by atoms with Gasteiger partial charge >= 0.3 is 0 Å². The molecule has 0 unspecified atom stereocenters. The zero-order chi connectivity index (χ0) is 12.1. The van der Waals surface area contributed by atoms with Gasteiger partial charge in [0.25, 0.3) is 0 Å². The average Bonchev–Trinajstić information content (AvgIpc) is 3.00. The van der Waals surface area contributed by atoms with E-state index in [1.54, 1.807) is 0 Å². The number of hydrogen-bond donors (Lipinski definition) is 2. The molecule has 92 valence electrons. The van der Waals surface area contributed by atoms with Gasteiger partial charge in [-0.25, -0.2) is 4.98 Å². The Bertz CT molecular complexity index is 613. The lowest BCUT2D eigenvalue weighted by atomic mass is 10.1. The van der Waals surface area contributed by atoms with Crippen LogP contribution < -0.4 is 5.32 Å². The Labute approximate surface area is 114 Å². The maximum atomic E-state index is 4.73. The van der Waals surface area contributed by atoms with Crippen LogP contribution in [0.3, 0.4) is 0 Å². The number of nitrogens with one attached hydrogen (secondary N) is 2. The molecule has 4 rings (SSSR count). The molecule has 0 spiro atoms. The minimum atomic E-state index is 0.730. The summed E-state index contributed by atoms with van der Waals surface area (Å²) in [5.41, 5.74) is 5.04. The van der Waals surface area contributed by atoms with E-state index in [9.17, 15) is 0 Å². The van der Waals surface area contributed by atoms with Crippen LogP contribution in [0.1, 0.15) is 29.9 Å². The molecule has 2 aromatic rings. The topological polar surface area (TPSA) is 40.7 Å². The van der Waals surface area contributed by atoms with E-state index in [4.69, 9.17) is 4.98 Å². The number of benzene rings is 1. The van der Waals surface area contributed by atoms with Crippen LogP contribution in [0.2, 0.25) is 0 Å². The van der Waals surface area contributed by atoms with Gasteiger partial charge in [-0.15, -0.1) is 0 Å². The maximum absolute atomic E-state index is 4.73. The normalized spacial score (nSPS) is 16.7. The summed E-state index contributed by atoms with van der Waals surface area (Å²) >= 11 is 3.52. The van der Waals surface area contributed by atoms with Crippen molar-refractivity contribution in [3.8, 4) is 11.3 Å². The molecule has 2 aliphatic rings. The van der Waals surface area contributed by atoms with Crippen molar-refractivity contribution in [1.82, 2.24) is 15.3 Å². The Kier molecular flexibility index (Phi) is 2.35. The Balaban J connectivity index is 1.63. The van der Waals surface area contributed by atoms with Crippen LogP contribution in [0.5, 0.6) is 0 Å². The molecule has 0 aliphatic heterocycles. The van der Waals surface area contributed by atoms with Crippen molar-refractivity contribution in [3.05, 3.63) is 39.8 Å². The summed E-state index contributed by atoms with van der Waals surface area (Å²) in [6.07, 6.45) is 3.61. The lowest BCUT2D eigenvalue weighted by Crippen LogP contribution is -2.16. The third kappa shape index (κ3) is 1.80. The minimum Gasteiger partial charge on any atom is -0.344 e. The van der Waals surface area contributed by atoms with E-state index in [2.05, 4.69) is 44.4 Å². The highest BCUT2D eigenvalue weighted by Gasteiger charge is 2.24. The molecule has 4 heteroatoms. The van der Waals surface area contributed by atoms with Gasteiger partial charge in [0.2, 0.25) is 0 Å². The third-order valence-electron chi connectivity index (χ3n) is 3.65. The van der Waals surface area contributed by atoms with E-state index in [1.807, 2.05) is 0 Å². The molecule has 2 aliphatic carbocycles. The maximum Gasteiger partial charge on any atom is 0.121 e. The highest BCUT2D eigenvalue weighted by molar-refractivity contribution is 9.10. The van der Waals surface area contributed by atoms with Gasteiger partial charge in [0, 0.05) is 28.2 Å². The van der Waals surface area contributed by atoms with Crippen LogP contribution in [0.15, 0.2) is 22.7 Å². The van der Waals surface area contributed by atoms with E-state index in [0.717, 1.165) is 35.0 Å². The second-order valence-corrected chi connectivity index (χ2v) is 6.06. The van der Waals surface area contributed by atoms with Crippen molar-refractivity contribution in [3.63, 3.8) is 0 Å². The third-order valence-corrected chi connectivity index (χ3v) is 4.15. The van der Waals surface area contributed by atoms with Gasteiger partial charge in [0.1, 0.15) is 5.82 Å². The molecule has 2 N–H and O–H groups in total. The number of halogens is 1. The predicted molar refractivity (Wildman–Crippen MR) is 74.4 cm³/mol. The zero-order valence-corrected chi connectivity index (χ0v) is 11.5. The summed E-state index contributed by atoms with van der Waals surface area (Å²) in [4.78, 5) is 8.18. The van der Waals surface area contributed by atoms with E-state index in [1.165, 1.54) is 29.7 Å². The molecule has 18 heavy (non-hydrogen) atoms. The summed E-state index contributed by atoms with van der Waals surface area (Å²) in [5, 5.41) is 3.49. The second-order valence-electron chi connectivity index (χ2n) is 5.14. The van der Waals surface area contributed by atoms with Crippen LogP contribution in [0.4, 0.5) is 0 Å². The lowest BCUT2D eigenvalue weighted by molar-refractivity contribution is 0.662. The number of hydrogen-bond acceptors (Lipinski definition) is 2. The Hall–Kier alpha value is -1.13. The Morgan fingerprint density at radius 3 is 3.11 bits per heavy atom. The van der Waals surface area contributed by atoms with E-state index in [-0.39, 0.29) is 0 Å². The number of imidazole rings is 1. The van der Waals surface area contributed by atoms with Gasteiger partial charge in [-0.2, -0.15) is 0 Å².